The quantitative estimate of drug-likeness (QED) is 0.587. The number of carbonyl (C=O) groups is 2. The largest absolute Gasteiger partial charge is 0.480 e. The minimum absolute atomic E-state index is 0.136. The van der Waals surface area contributed by atoms with E-state index in [-0.39, 0.29) is 12.6 Å². The normalized spacial score (nSPS) is 9.93. The highest BCUT2D eigenvalue weighted by molar-refractivity contribution is 5.90. The van der Waals surface area contributed by atoms with Crippen LogP contribution in [0.25, 0.3) is 0 Å². The molecule has 1 aromatic rings. The highest BCUT2D eigenvalue weighted by Gasteiger charge is 2.06. The van der Waals surface area contributed by atoms with Crippen LogP contribution in [0.5, 0.6) is 0 Å². The highest BCUT2D eigenvalue weighted by Crippen LogP contribution is 1.96. The molecule has 0 radical (unpaired) electrons. The minimum atomic E-state index is -1.13. The number of aromatic amines is 1. The number of aryl methyl sites for hydroxylation is 1. The average Bonchev–Trinajstić information content (AvgIpc) is 2.50. The first-order valence-electron chi connectivity index (χ1n) is 4.06. The fraction of sp³-hybridized carbons (Fsp3) is 0.429. The average molecular weight is 214 g/mol. The Morgan fingerprint density at radius 2 is 2.27 bits per heavy atom. The summed E-state index contributed by atoms with van der Waals surface area (Å²) in [5.74, 6) is -0.931. The van der Waals surface area contributed by atoms with Crippen LogP contribution in [0.2, 0.25) is 0 Å². The first-order chi connectivity index (χ1) is 7.08. The molecule has 0 saturated heterocycles. The predicted octanol–water partition coefficient (Wildman–Crippen LogP) is -0.847. The zero-order valence-corrected chi connectivity index (χ0v) is 7.98. The van der Waals surface area contributed by atoms with Gasteiger partial charge >= 0.3 is 5.97 Å². The van der Waals surface area contributed by atoms with Gasteiger partial charge in [0, 0.05) is 0 Å². The lowest BCUT2D eigenvalue weighted by molar-refractivity contribution is -0.143. The molecule has 0 aliphatic heterocycles. The van der Waals surface area contributed by atoms with Gasteiger partial charge in [0.1, 0.15) is 19.0 Å². The second-order valence-corrected chi connectivity index (χ2v) is 2.68. The molecule has 0 unspecified atom stereocenters. The summed E-state index contributed by atoms with van der Waals surface area (Å²) in [7, 11) is 0. The highest BCUT2D eigenvalue weighted by atomic mass is 16.5. The maximum absolute atomic E-state index is 11.1. The van der Waals surface area contributed by atoms with Crippen molar-refractivity contribution in [3.05, 3.63) is 5.82 Å². The number of aliphatic carboxylic acids is 1. The maximum Gasteiger partial charge on any atom is 0.329 e. The van der Waals surface area contributed by atoms with Gasteiger partial charge in [-0.25, -0.2) is 4.79 Å². The molecule has 8 nitrogen and oxygen atoms in total. The van der Waals surface area contributed by atoms with Crippen LogP contribution in [-0.2, 0) is 14.3 Å². The van der Waals surface area contributed by atoms with Crippen molar-refractivity contribution in [3.63, 3.8) is 0 Å². The van der Waals surface area contributed by atoms with Gasteiger partial charge in [-0.2, -0.15) is 4.98 Å². The summed E-state index contributed by atoms with van der Waals surface area (Å²) >= 11 is 0. The number of nitrogens with zero attached hydrogens (tertiary/aromatic N) is 2. The summed E-state index contributed by atoms with van der Waals surface area (Å²) in [6.07, 6.45) is 0. The van der Waals surface area contributed by atoms with Gasteiger partial charge in [0.05, 0.1) is 0 Å². The Morgan fingerprint density at radius 3 is 2.80 bits per heavy atom. The van der Waals surface area contributed by atoms with E-state index in [0.717, 1.165) is 0 Å². The SMILES string of the molecule is Cc1nc(NC(=O)COCC(=O)O)n[nH]1. The van der Waals surface area contributed by atoms with Crippen LogP contribution < -0.4 is 5.32 Å². The van der Waals surface area contributed by atoms with Gasteiger partial charge in [-0.15, -0.1) is 5.10 Å². The Balaban J connectivity index is 2.27. The lowest BCUT2D eigenvalue weighted by atomic mass is 10.6. The number of ether oxygens (including phenoxy) is 1. The molecule has 1 rings (SSSR count). The number of anilines is 1. The van der Waals surface area contributed by atoms with Crippen molar-refractivity contribution in [3.8, 4) is 0 Å². The van der Waals surface area contributed by atoms with Crippen molar-refractivity contribution in [1.29, 1.82) is 0 Å². The third-order valence-electron chi connectivity index (χ3n) is 1.31. The molecule has 0 aliphatic carbocycles. The minimum Gasteiger partial charge on any atom is -0.480 e. The van der Waals surface area contributed by atoms with Gasteiger partial charge in [-0.05, 0) is 6.92 Å². The van der Waals surface area contributed by atoms with Gasteiger partial charge in [0.2, 0.25) is 5.95 Å². The van der Waals surface area contributed by atoms with Crippen molar-refractivity contribution in [2.45, 2.75) is 6.92 Å². The molecule has 0 aromatic carbocycles. The van der Waals surface area contributed by atoms with E-state index in [4.69, 9.17) is 5.11 Å². The van der Waals surface area contributed by atoms with Gasteiger partial charge in [-0.1, -0.05) is 0 Å². The number of H-pyrrole nitrogens is 1. The van der Waals surface area contributed by atoms with E-state index in [2.05, 4.69) is 25.2 Å². The van der Waals surface area contributed by atoms with Gasteiger partial charge in [-0.3, -0.25) is 15.2 Å². The smallest absolute Gasteiger partial charge is 0.329 e. The maximum atomic E-state index is 11.1. The first-order valence-corrected chi connectivity index (χ1v) is 4.06. The fourth-order valence-corrected chi connectivity index (χ4v) is 0.790. The van der Waals surface area contributed by atoms with Crippen LogP contribution in [0.1, 0.15) is 5.82 Å². The molecule has 0 atom stereocenters. The third kappa shape index (κ3) is 4.18. The number of carboxylic acid groups (broad SMARTS) is 1. The number of amides is 1. The van der Waals surface area contributed by atoms with Crippen LogP contribution in [0, 0.1) is 6.92 Å². The number of carbonyl (C=O) groups excluding carboxylic acids is 1. The molecule has 0 spiro atoms. The summed E-state index contributed by atoms with van der Waals surface area (Å²) in [6, 6.07) is 0. The Morgan fingerprint density at radius 1 is 1.53 bits per heavy atom. The molecule has 82 valence electrons. The van der Waals surface area contributed by atoms with Crippen LogP contribution in [0.4, 0.5) is 5.95 Å². The molecule has 0 saturated carbocycles. The number of hydrogen-bond acceptors (Lipinski definition) is 5. The van der Waals surface area contributed by atoms with E-state index in [1.54, 1.807) is 6.92 Å². The standard InChI is InChI=1S/C7H10N4O4/c1-4-8-7(11-10-4)9-5(12)2-15-3-6(13)14/h2-3H2,1H3,(H,13,14)(H2,8,9,10,11,12). The Hall–Kier alpha value is -1.96. The van der Waals surface area contributed by atoms with Crippen molar-refractivity contribution >= 4 is 17.8 Å². The summed E-state index contributed by atoms with van der Waals surface area (Å²) in [5, 5.41) is 16.8. The van der Waals surface area contributed by atoms with E-state index in [1.807, 2.05) is 0 Å². The molecule has 1 heterocycles. The number of hydrogen-bond donors (Lipinski definition) is 3. The number of rotatable bonds is 5. The van der Waals surface area contributed by atoms with Crippen LogP contribution in [-0.4, -0.2) is 45.4 Å². The van der Waals surface area contributed by atoms with Gasteiger partial charge in [0.25, 0.3) is 5.91 Å². The van der Waals surface area contributed by atoms with Crippen molar-refractivity contribution in [2.24, 2.45) is 0 Å². The van der Waals surface area contributed by atoms with Crippen molar-refractivity contribution < 1.29 is 19.4 Å². The number of carboxylic acids is 1. The third-order valence-corrected chi connectivity index (χ3v) is 1.31. The molecule has 15 heavy (non-hydrogen) atoms. The molecule has 8 heteroatoms. The monoisotopic (exact) mass is 214 g/mol. The van der Waals surface area contributed by atoms with Crippen LogP contribution in [0.3, 0.4) is 0 Å². The van der Waals surface area contributed by atoms with E-state index >= 15 is 0 Å². The van der Waals surface area contributed by atoms with E-state index in [1.165, 1.54) is 0 Å². The van der Waals surface area contributed by atoms with Crippen LogP contribution in [0.15, 0.2) is 0 Å². The molecule has 0 fully saturated rings. The molecular formula is C7H10N4O4. The number of nitrogens with one attached hydrogen (secondary N) is 2. The van der Waals surface area contributed by atoms with Crippen molar-refractivity contribution in [1.82, 2.24) is 15.2 Å². The first kappa shape index (κ1) is 11.1. The Bertz CT molecular complexity index is 362. The summed E-state index contributed by atoms with van der Waals surface area (Å²) in [4.78, 5) is 25.0. The number of aromatic nitrogens is 3. The van der Waals surface area contributed by atoms with Crippen LogP contribution >= 0.6 is 0 Å². The predicted molar refractivity (Wildman–Crippen MR) is 48.2 cm³/mol. The zero-order valence-electron chi connectivity index (χ0n) is 7.98. The molecule has 0 aliphatic rings. The Kier molecular flexibility index (Phi) is 3.75. The second kappa shape index (κ2) is 5.05. The zero-order chi connectivity index (χ0) is 11.3. The van der Waals surface area contributed by atoms with E-state index in [9.17, 15) is 9.59 Å². The lowest BCUT2D eigenvalue weighted by Gasteiger charge is -2.00. The second-order valence-electron chi connectivity index (χ2n) is 2.68. The Labute approximate surface area is 84.7 Å². The molecule has 1 amide bonds. The summed E-state index contributed by atoms with van der Waals surface area (Å²) in [6.45, 7) is 0.823. The lowest BCUT2D eigenvalue weighted by Crippen LogP contribution is -2.21. The molecular weight excluding hydrogens is 204 g/mol. The van der Waals surface area contributed by atoms with E-state index < -0.39 is 18.5 Å². The molecule has 3 N–H and O–H groups in total. The van der Waals surface area contributed by atoms with E-state index in [0.29, 0.717) is 5.82 Å². The van der Waals surface area contributed by atoms with Crippen molar-refractivity contribution in [2.75, 3.05) is 18.5 Å². The van der Waals surface area contributed by atoms with Gasteiger partial charge in [0.15, 0.2) is 0 Å². The summed E-state index contributed by atoms with van der Waals surface area (Å²) in [5.41, 5.74) is 0. The summed E-state index contributed by atoms with van der Waals surface area (Å²) < 4.78 is 4.56. The molecule has 0 bridgehead atoms. The fourth-order valence-electron chi connectivity index (χ4n) is 0.790. The topological polar surface area (TPSA) is 117 Å². The van der Waals surface area contributed by atoms with Gasteiger partial charge < -0.3 is 9.84 Å². The molecule has 1 aromatic heterocycles.